The van der Waals surface area contributed by atoms with E-state index in [1.165, 1.54) is 12.1 Å². The normalized spacial score (nSPS) is 20.1. The van der Waals surface area contributed by atoms with Crippen LogP contribution in [0, 0.1) is 11.7 Å². The molecule has 0 amide bonds. The van der Waals surface area contributed by atoms with Crippen molar-refractivity contribution in [3.05, 3.63) is 35.6 Å². The van der Waals surface area contributed by atoms with Crippen molar-refractivity contribution in [2.75, 3.05) is 13.1 Å². The lowest BCUT2D eigenvalue weighted by molar-refractivity contribution is 0.190. The van der Waals surface area contributed by atoms with Gasteiger partial charge in [-0.05, 0) is 49.5 Å². The van der Waals surface area contributed by atoms with E-state index in [-0.39, 0.29) is 11.7 Å². The van der Waals surface area contributed by atoms with Gasteiger partial charge in [0.15, 0.2) is 0 Å². The number of rotatable bonds is 2. The van der Waals surface area contributed by atoms with Gasteiger partial charge in [-0.3, -0.25) is 0 Å². The Morgan fingerprint density at radius 1 is 1.27 bits per heavy atom. The molecule has 1 aromatic carbocycles. The van der Waals surface area contributed by atoms with Crippen molar-refractivity contribution in [3.8, 4) is 0 Å². The number of alkyl halides is 1. The second-order valence-corrected chi connectivity index (χ2v) is 4.04. The zero-order chi connectivity index (χ0) is 10.7. The molecule has 0 aromatic heterocycles. The van der Waals surface area contributed by atoms with E-state index in [0.29, 0.717) is 5.56 Å². The lowest BCUT2D eigenvalue weighted by atomic mass is 9.89. The molecule has 0 spiro atoms. The second kappa shape index (κ2) is 4.71. The Hall–Kier alpha value is -0.960. The Kier molecular flexibility index (Phi) is 3.31. The molecule has 15 heavy (non-hydrogen) atoms. The number of hydrogen-bond donors (Lipinski definition) is 1. The molecule has 1 nitrogen and oxygen atoms in total. The molecule has 1 atom stereocenters. The number of benzene rings is 1. The molecule has 2 rings (SSSR count). The van der Waals surface area contributed by atoms with Crippen molar-refractivity contribution in [2.45, 2.75) is 19.0 Å². The summed E-state index contributed by atoms with van der Waals surface area (Å²) in [7, 11) is 0. The van der Waals surface area contributed by atoms with Crippen LogP contribution in [0.4, 0.5) is 8.78 Å². The number of halogens is 2. The van der Waals surface area contributed by atoms with Gasteiger partial charge < -0.3 is 5.32 Å². The maximum atomic E-state index is 14.0. The Morgan fingerprint density at radius 2 is 2.00 bits per heavy atom. The van der Waals surface area contributed by atoms with Crippen LogP contribution in [-0.4, -0.2) is 13.1 Å². The van der Waals surface area contributed by atoms with Gasteiger partial charge in [-0.15, -0.1) is 0 Å². The van der Waals surface area contributed by atoms with Crippen LogP contribution in [0.2, 0.25) is 0 Å². The number of piperidine rings is 1. The molecule has 1 heterocycles. The number of nitrogens with one attached hydrogen (secondary N) is 1. The fourth-order valence-corrected chi connectivity index (χ4v) is 2.09. The van der Waals surface area contributed by atoms with Crippen LogP contribution in [0.1, 0.15) is 24.6 Å². The monoisotopic (exact) mass is 211 g/mol. The van der Waals surface area contributed by atoms with Crippen molar-refractivity contribution >= 4 is 0 Å². The van der Waals surface area contributed by atoms with E-state index >= 15 is 0 Å². The minimum absolute atomic E-state index is 0.0352. The van der Waals surface area contributed by atoms with Crippen molar-refractivity contribution in [1.29, 1.82) is 0 Å². The predicted octanol–water partition coefficient (Wildman–Crippen LogP) is 2.84. The second-order valence-electron chi connectivity index (χ2n) is 4.04. The zero-order valence-electron chi connectivity index (χ0n) is 8.55. The third kappa shape index (κ3) is 2.53. The molecule has 1 unspecified atom stereocenters. The van der Waals surface area contributed by atoms with Crippen LogP contribution in [0.5, 0.6) is 0 Å². The first-order valence-electron chi connectivity index (χ1n) is 5.37. The molecule has 3 heteroatoms. The third-order valence-electron chi connectivity index (χ3n) is 2.96. The molecular weight excluding hydrogens is 196 g/mol. The van der Waals surface area contributed by atoms with Crippen LogP contribution in [0.25, 0.3) is 0 Å². The van der Waals surface area contributed by atoms with Gasteiger partial charge >= 0.3 is 0 Å². The highest BCUT2D eigenvalue weighted by atomic mass is 19.1. The highest BCUT2D eigenvalue weighted by molar-refractivity contribution is 5.19. The minimum Gasteiger partial charge on any atom is -0.317 e. The van der Waals surface area contributed by atoms with Gasteiger partial charge in [-0.25, -0.2) is 8.78 Å². The van der Waals surface area contributed by atoms with Gasteiger partial charge in [-0.1, -0.05) is 12.1 Å². The molecule has 1 aromatic rings. The van der Waals surface area contributed by atoms with E-state index in [9.17, 15) is 8.78 Å². The van der Waals surface area contributed by atoms with Crippen molar-refractivity contribution in [3.63, 3.8) is 0 Å². The lowest BCUT2D eigenvalue weighted by Crippen LogP contribution is -2.29. The fourth-order valence-electron chi connectivity index (χ4n) is 2.09. The Morgan fingerprint density at radius 3 is 2.67 bits per heavy atom. The topological polar surface area (TPSA) is 12.0 Å². The van der Waals surface area contributed by atoms with E-state index < -0.39 is 6.17 Å². The van der Waals surface area contributed by atoms with Crippen molar-refractivity contribution in [1.82, 2.24) is 5.32 Å². The molecule has 0 saturated carbocycles. The van der Waals surface area contributed by atoms with Crippen LogP contribution in [-0.2, 0) is 0 Å². The molecule has 1 fully saturated rings. The first-order valence-corrected chi connectivity index (χ1v) is 5.37. The quantitative estimate of drug-likeness (QED) is 0.793. The largest absolute Gasteiger partial charge is 0.317 e. The maximum absolute atomic E-state index is 14.0. The number of hydrogen-bond acceptors (Lipinski definition) is 1. The molecule has 82 valence electrons. The maximum Gasteiger partial charge on any atom is 0.128 e. The smallest absolute Gasteiger partial charge is 0.128 e. The van der Waals surface area contributed by atoms with E-state index in [2.05, 4.69) is 5.32 Å². The summed E-state index contributed by atoms with van der Waals surface area (Å²) in [6, 6.07) is 5.87. The summed E-state index contributed by atoms with van der Waals surface area (Å²) in [4.78, 5) is 0. The van der Waals surface area contributed by atoms with E-state index in [0.717, 1.165) is 25.9 Å². The molecule has 0 radical (unpaired) electrons. The Balaban J connectivity index is 2.08. The van der Waals surface area contributed by atoms with E-state index in [1.807, 2.05) is 0 Å². The summed E-state index contributed by atoms with van der Waals surface area (Å²) in [6.07, 6.45) is 0.637. The molecule has 1 aliphatic heterocycles. The van der Waals surface area contributed by atoms with E-state index in [4.69, 9.17) is 0 Å². The van der Waals surface area contributed by atoms with E-state index in [1.54, 1.807) is 12.1 Å². The summed E-state index contributed by atoms with van der Waals surface area (Å²) in [5.74, 6) is -0.322. The average Bonchev–Trinajstić information content (AvgIpc) is 2.29. The lowest BCUT2D eigenvalue weighted by Gasteiger charge is -2.25. The van der Waals surface area contributed by atoms with Gasteiger partial charge in [0.1, 0.15) is 12.0 Å². The summed E-state index contributed by atoms with van der Waals surface area (Å²) in [5, 5.41) is 3.19. The first-order chi connectivity index (χ1) is 7.27. The minimum atomic E-state index is -1.03. The molecule has 1 N–H and O–H groups in total. The Labute approximate surface area is 88.5 Å². The molecule has 1 aliphatic rings. The van der Waals surface area contributed by atoms with Gasteiger partial charge in [0.2, 0.25) is 0 Å². The highest BCUT2D eigenvalue weighted by Crippen LogP contribution is 2.32. The predicted molar refractivity (Wildman–Crippen MR) is 55.8 cm³/mol. The third-order valence-corrected chi connectivity index (χ3v) is 2.96. The van der Waals surface area contributed by atoms with Gasteiger partial charge in [-0.2, -0.15) is 0 Å². The van der Waals surface area contributed by atoms with Crippen LogP contribution in [0.3, 0.4) is 0 Å². The van der Waals surface area contributed by atoms with Crippen molar-refractivity contribution in [2.24, 2.45) is 5.92 Å². The SMILES string of the molecule is Fc1cccc(C(F)C2CCNCC2)c1. The van der Waals surface area contributed by atoms with Gasteiger partial charge in [0.25, 0.3) is 0 Å². The average molecular weight is 211 g/mol. The molecular formula is C12H15F2N. The molecule has 0 bridgehead atoms. The van der Waals surface area contributed by atoms with Crippen LogP contribution >= 0.6 is 0 Å². The van der Waals surface area contributed by atoms with Crippen molar-refractivity contribution < 1.29 is 8.78 Å². The summed E-state index contributed by atoms with van der Waals surface area (Å²) in [5.41, 5.74) is 0.474. The summed E-state index contributed by atoms with van der Waals surface area (Å²) < 4.78 is 26.9. The fraction of sp³-hybridized carbons (Fsp3) is 0.500. The van der Waals surface area contributed by atoms with Crippen LogP contribution in [0.15, 0.2) is 24.3 Å². The zero-order valence-corrected chi connectivity index (χ0v) is 8.55. The van der Waals surface area contributed by atoms with Gasteiger partial charge in [0.05, 0.1) is 0 Å². The first kappa shape index (κ1) is 10.6. The Bertz CT molecular complexity index is 321. The standard InChI is InChI=1S/C12H15F2N/c13-11-3-1-2-10(8-11)12(14)9-4-6-15-7-5-9/h1-3,8-9,12,15H,4-7H2. The van der Waals surface area contributed by atoms with Crippen LogP contribution < -0.4 is 5.32 Å². The highest BCUT2D eigenvalue weighted by Gasteiger charge is 2.24. The summed E-state index contributed by atoms with van der Waals surface area (Å²) >= 11 is 0. The molecule has 1 saturated heterocycles. The molecule has 0 aliphatic carbocycles. The van der Waals surface area contributed by atoms with Gasteiger partial charge in [0, 0.05) is 0 Å². The summed E-state index contributed by atoms with van der Waals surface area (Å²) in [6.45, 7) is 1.72.